The molecular weight excluding hydrogens is 354 g/mol. The number of rotatable bonds is 5. The smallest absolute Gasteiger partial charge is 0.174 e. The van der Waals surface area contributed by atoms with Gasteiger partial charge in [0.25, 0.3) is 0 Å². The number of hydrogen-bond acceptors (Lipinski definition) is 5. The van der Waals surface area contributed by atoms with Crippen LogP contribution in [0, 0.1) is 5.92 Å². The number of ketones is 1. The van der Waals surface area contributed by atoms with Crippen molar-refractivity contribution >= 4 is 5.78 Å². The van der Waals surface area contributed by atoms with Crippen molar-refractivity contribution in [2.75, 3.05) is 19.7 Å². The molecular formula is C23H29NO4. The second-order valence-corrected chi connectivity index (χ2v) is 9.53. The molecule has 3 fully saturated rings. The predicted octanol–water partition coefficient (Wildman–Crippen LogP) is 2.96. The molecule has 1 aromatic carbocycles. The van der Waals surface area contributed by atoms with E-state index in [0.29, 0.717) is 18.8 Å². The molecule has 1 spiro atoms. The number of ether oxygens (including phenoxy) is 2. The average Bonchev–Trinajstić information content (AvgIpc) is 3.43. The van der Waals surface area contributed by atoms with Crippen molar-refractivity contribution in [1.82, 2.24) is 4.90 Å². The predicted molar refractivity (Wildman–Crippen MR) is 104 cm³/mol. The van der Waals surface area contributed by atoms with Crippen LogP contribution < -0.4 is 4.74 Å². The number of hydrogen-bond donors (Lipinski definition) is 1. The molecule has 0 unspecified atom stereocenters. The largest absolute Gasteiger partial charge is 0.504 e. The number of carbonyl (C=O) groups is 1. The Morgan fingerprint density at radius 2 is 2.18 bits per heavy atom. The Morgan fingerprint density at radius 3 is 2.96 bits per heavy atom. The maximum Gasteiger partial charge on any atom is 0.174 e. The molecule has 3 aliphatic carbocycles. The van der Waals surface area contributed by atoms with Gasteiger partial charge in [-0.15, -0.1) is 0 Å². The molecule has 1 N–H and O–H groups in total. The summed E-state index contributed by atoms with van der Waals surface area (Å²) >= 11 is 0. The zero-order chi connectivity index (χ0) is 19.1. The normalized spacial score (nSPS) is 38.2. The topological polar surface area (TPSA) is 59.0 Å². The second kappa shape index (κ2) is 5.73. The lowest BCUT2D eigenvalue weighted by Gasteiger charge is -2.64. The van der Waals surface area contributed by atoms with Gasteiger partial charge in [0.1, 0.15) is 0 Å². The van der Waals surface area contributed by atoms with Crippen LogP contribution in [0.25, 0.3) is 0 Å². The fourth-order valence-corrected chi connectivity index (χ4v) is 6.81. The maximum atomic E-state index is 13.0. The average molecular weight is 383 g/mol. The fourth-order valence-electron chi connectivity index (χ4n) is 6.81. The zero-order valence-corrected chi connectivity index (χ0v) is 16.6. The molecule has 5 aliphatic rings. The van der Waals surface area contributed by atoms with E-state index in [1.807, 2.05) is 0 Å². The first-order valence-electron chi connectivity index (χ1n) is 11.0. The molecule has 1 aromatic rings. The van der Waals surface area contributed by atoms with Gasteiger partial charge in [0.15, 0.2) is 23.4 Å². The van der Waals surface area contributed by atoms with Gasteiger partial charge in [0.2, 0.25) is 0 Å². The molecule has 5 heteroatoms. The van der Waals surface area contributed by atoms with E-state index in [1.165, 1.54) is 18.4 Å². The highest BCUT2D eigenvalue weighted by Gasteiger charge is 2.74. The summed E-state index contributed by atoms with van der Waals surface area (Å²) in [6.45, 7) is 4.99. The van der Waals surface area contributed by atoms with Gasteiger partial charge in [0.05, 0.1) is 11.0 Å². The van der Waals surface area contributed by atoms with Crippen molar-refractivity contribution in [3.05, 3.63) is 23.3 Å². The minimum absolute atomic E-state index is 0.165. The van der Waals surface area contributed by atoms with Crippen LogP contribution in [0.4, 0.5) is 0 Å². The summed E-state index contributed by atoms with van der Waals surface area (Å²) in [6, 6.07) is 4.08. The number of likely N-dealkylation sites (tertiary alicyclic amines) is 1. The quantitative estimate of drug-likeness (QED) is 0.847. The van der Waals surface area contributed by atoms with Crippen LogP contribution in [0.1, 0.15) is 56.6 Å². The van der Waals surface area contributed by atoms with E-state index in [4.69, 9.17) is 9.47 Å². The number of phenolic OH excluding ortho intramolecular Hbond substituents is 1. The van der Waals surface area contributed by atoms with Gasteiger partial charge in [-0.05, 0) is 62.6 Å². The number of benzene rings is 1. The van der Waals surface area contributed by atoms with Crippen molar-refractivity contribution in [3.63, 3.8) is 0 Å². The van der Waals surface area contributed by atoms with E-state index >= 15 is 0 Å². The Hall–Kier alpha value is -1.59. The summed E-state index contributed by atoms with van der Waals surface area (Å²) in [5.74, 6) is 1.72. The van der Waals surface area contributed by atoms with E-state index < -0.39 is 11.5 Å². The molecule has 6 rings (SSSR count). The van der Waals surface area contributed by atoms with Gasteiger partial charge in [-0.1, -0.05) is 13.0 Å². The number of phenols is 1. The summed E-state index contributed by atoms with van der Waals surface area (Å²) in [4.78, 5) is 15.7. The Morgan fingerprint density at radius 1 is 1.32 bits per heavy atom. The van der Waals surface area contributed by atoms with E-state index in [-0.39, 0.29) is 23.2 Å². The first kappa shape index (κ1) is 17.3. The number of carbonyl (C=O) groups excluding carboxylic acids is 1. The number of aromatic hydroxyl groups is 1. The molecule has 4 atom stereocenters. The number of nitrogens with zero attached hydrogens (tertiary/aromatic N) is 1. The monoisotopic (exact) mass is 383 g/mol. The van der Waals surface area contributed by atoms with Crippen molar-refractivity contribution in [2.45, 2.75) is 75.0 Å². The van der Waals surface area contributed by atoms with Crippen molar-refractivity contribution in [1.29, 1.82) is 0 Å². The lowest BCUT2D eigenvalue weighted by atomic mass is 9.48. The minimum Gasteiger partial charge on any atom is -0.504 e. The molecule has 0 amide bonds. The minimum atomic E-state index is -0.508. The van der Waals surface area contributed by atoms with E-state index in [2.05, 4.69) is 17.9 Å². The Balaban J connectivity index is 1.57. The van der Waals surface area contributed by atoms with Crippen molar-refractivity contribution in [2.24, 2.45) is 5.92 Å². The molecule has 2 aliphatic heterocycles. The van der Waals surface area contributed by atoms with E-state index in [0.717, 1.165) is 50.3 Å². The second-order valence-electron chi connectivity index (χ2n) is 9.53. The first-order valence-corrected chi connectivity index (χ1v) is 11.0. The Bertz CT molecular complexity index is 849. The summed E-state index contributed by atoms with van der Waals surface area (Å²) in [7, 11) is 0. The molecule has 1 saturated heterocycles. The standard InChI is InChI=1S/C23H29NO4/c1-2-11-27-23-8-7-17(26)21-22(23)9-10-24(13-14-3-4-14)18(23)12-15-5-6-16(25)20(28-21)19(15)22/h5-6,14,18,21,25H,2-4,7-13H2,1H3/t18-,21-,22+,23-/m1/s1. The van der Waals surface area contributed by atoms with Crippen LogP contribution in [-0.2, 0) is 21.4 Å². The molecule has 2 bridgehead atoms. The summed E-state index contributed by atoms with van der Waals surface area (Å²) in [6.07, 6.45) is 6.22. The lowest BCUT2D eigenvalue weighted by molar-refractivity contribution is -0.213. The van der Waals surface area contributed by atoms with Crippen LogP contribution in [0.5, 0.6) is 11.5 Å². The van der Waals surface area contributed by atoms with E-state index in [1.54, 1.807) is 6.07 Å². The third kappa shape index (κ3) is 1.97. The molecule has 2 saturated carbocycles. The van der Waals surface area contributed by atoms with Crippen molar-refractivity contribution < 1.29 is 19.4 Å². The highest BCUT2D eigenvalue weighted by molar-refractivity contribution is 5.90. The van der Waals surface area contributed by atoms with Crippen LogP contribution in [0.2, 0.25) is 0 Å². The zero-order valence-electron chi connectivity index (χ0n) is 16.6. The molecule has 0 radical (unpaired) electrons. The van der Waals surface area contributed by atoms with Gasteiger partial charge in [0, 0.05) is 31.2 Å². The van der Waals surface area contributed by atoms with Gasteiger partial charge >= 0.3 is 0 Å². The molecule has 5 nitrogen and oxygen atoms in total. The number of Topliss-reactive ketones (excluding diaryl/α,β-unsaturated/α-hetero) is 1. The van der Waals surface area contributed by atoms with Gasteiger partial charge in [-0.3, -0.25) is 9.69 Å². The third-order valence-corrected chi connectivity index (χ3v) is 8.08. The van der Waals surface area contributed by atoms with Gasteiger partial charge < -0.3 is 14.6 Å². The summed E-state index contributed by atoms with van der Waals surface area (Å²) < 4.78 is 13.1. The van der Waals surface area contributed by atoms with E-state index in [9.17, 15) is 9.90 Å². The first-order chi connectivity index (χ1) is 13.6. The van der Waals surface area contributed by atoms with Crippen molar-refractivity contribution in [3.8, 4) is 11.5 Å². The highest BCUT2D eigenvalue weighted by Crippen LogP contribution is 2.66. The number of piperidine rings is 1. The summed E-state index contributed by atoms with van der Waals surface area (Å²) in [5.41, 5.74) is 1.50. The van der Waals surface area contributed by atoms with Crippen LogP contribution >= 0.6 is 0 Å². The van der Waals surface area contributed by atoms with Gasteiger partial charge in [-0.25, -0.2) is 0 Å². The Labute approximate surface area is 166 Å². The fraction of sp³-hybridized carbons (Fsp3) is 0.696. The third-order valence-electron chi connectivity index (χ3n) is 8.08. The van der Waals surface area contributed by atoms with Crippen LogP contribution in [-0.4, -0.2) is 53.2 Å². The maximum absolute atomic E-state index is 13.0. The summed E-state index contributed by atoms with van der Waals surface area (Å²) in [5, 5.41) is 10.5. The highest BCUT2D eigenvalue weighted by atomic mass is 16.5. The van der Waals surface area contributed by atoms with Crippen LogP contribution in [0.3, 0.4) is 0 Å². The molecule has 0 aromatic heterocycles. The molecule has 28 heavy (non-hydrogen) atoms. The van der Waals surface area contributed by atoms with Crippen LogP contribution in [0.15, 0.2) is 12.1 Å². The lowest BCUT2D eigenvalue weighted by Crippen LogP contribution is -2.77. The molecule has 150 valence electrons. The molecule has 2 heterocycles. The van der Waals surface area contributed by atoms with Gasteiger partial charge in [-0.2, -0.15) is 0 Å². The SMILES string of the molecule is CCCO[C@@]12CCC(=O)[C@H]3Oc4c(O)ccc5c4[C@@]31CCN(CC1CC1)[C@@H]2C5. The Kier molecular flexibility index (Phi) is 3.54.